The van der Waals surface area contributed by atoms with Crippen LogP contribution < -0.4 is 19.6 Å². The fraction of sp³-hybridized carbons (Fsp3) is 0.276. The zero-order chi connectivity index (χ0) is 26.0. The molecule has 0 saturated carbocycles. The highest BCUT2D eigenvalue weighted by Crippen LogP contribution is 2.31. The summed E-state index contributed by atoms with van der Waals surface area (Å²) in [7, 11) is 1.59. The third kappa shape index (κ3) is 4.97. The molecule has 0 fully saturated rings. The Balaban J connectivity index is 1.87. The fourth-order valence-corrected chi connectivity index (χ4v) is 5.17. The Bertz CT molecular complexity index is 1500. The molecule has 0 amide bonds. The van der Waals surface area contributed by atoms with Crippen molar-refractivity contribution in [3.63, 3.8) is 0 Å². The van der Waals surface area contributed by atoms with Gasteiger partial charge in [-0.2, -0.15) is 0 Å². The number of rotatable bonds is 6. The molecule has 3 aromatic rings. The van der Waals surface area contributed by atoms with Crippen molar-refractivity contribution in [3.8, 4) is 5.75 Å². The molecule has 0 N–H and O–H groups in total. The minimum Gasteiger partial charge on any atom is -0.497 e. The summed E-state index contributed by atoms with van der Waals surface area (Å²) in [5.74, 6) is 0.158. The number of allylic oxidation sites excluding steroid dienone is 1. The van der Waals surface area contributed by atoms with Gasteiger partial charge in [-0.25, -0.2) is 9.79 Å². The molecule has 2 heterocycles. The molecule has 0 bridgehead atoms. The van der Waals surface area contributed by atoms with Gasteiger partial charge < -0.3 is 9.47 Å². The quantitative estimate of drug-likeness (QED) is 0.373. The molecule has 0 radical (unpaired) electrons. The SMILES string of the molecule is C=CCOC(=O)C1=C(C)N=c2s/c(=C/c3ccc(C(C)(C)C)cc3)c(=O)n2[C@H]1c1ccc(OC)cc1. The molecule has 1 atom stereocenters. The molecule has 0 saturated heterocycles. The smallest absolute Gasteiger partial charge is 0.338 e. The van der Waals surface area contributed by atoms with Gasteiger partial charge in [0.15, 0.2) is 4.80 Å². The second-order valence-corrected chi connectivity index (χ2v) is 10.6. The largest absolute Gasteiger partial charge is 0.497 e. The lowest BCUT2D eigenvalue weighted by Gasteiger charge is -2.24. The topological polar surface area (TPSA) is 69.9 Å². The van der Waals surface area contributed by atoms with Crippen molar-refractivity contribution in [2.75, 3.05) is 13.7 Å². The lowest BCUT2D eigenvalue weighted by atomic mass is 9.87. The van der Waals surface area contributed by atoms with Gasteiger partial charge in [-0.3, -0.25) is 9.36 Å². The Hall–Kier alpha value is -3.71. The molecule has 186 valence electrons. The summed E-state index contributed by atoms with van der Waals surface area (Å²) in [6, 6.07) is 14.9. The van der Waals surface area contributed by atoms with Crippen LogP contribution in [0.2, 0.25) is 0 Å². The Labute approximate surface area is 214 Å². The first-order chi connectivity index (χ1) is 17.1. The second kappa shape index (κ2) is 10.1. The Morgan fingerprint density at radius 1 is 1.14 bits per heavy atom. The number of hydrogen-bond acceptors (Lipinski definition) is 6. The lowest BCUT2D eigenvalue weighted by molar-refractivity contribution is -0.138. The Morgan fingerprint density at radius 3 is 2.39 bits per heavy atom. The number of esters is 1. The predicted molar refractivity (Wildman–Crippen MR) is 143 cm³/mol. The summed E-state index contributed by atoms with van der Waals surface area (Å²) in [6.45, 7) is 12.0. The number of methoxy groups -OCH3 is 1. The van der Waals surface area contributed by atoms with Crippen LogP contribution in [0.5, 0.6) is 5.75 Å². The van der Waals surface area contributed by atoms with Gasteiger partial charge in [-0.1, -0.05) is 81.2 Å². The number of carbonyl (C=O) groups is 1. The molecule has 2 aromatic carbocycles. The summed E-state index contributed by atoms with van der Waals surface area (Å²) < 4.78 is 12.8. The van der Waals surface area contributed by atoms with Crippen molar-refractivity contribution in [1.29, 1.82) is 0 Å². The van der Waals surface area contributed by atoms with Crippen LogP contribution in [0.3, 0.4) is 0 Å². The third-order valence-corrected chi connectivity index (χ3v) is 7.06. The van der Waals surface area contributed by atoms with Crippen LogP contribution >= 0.6 is 11.3 Å². The molecule has 1 aromatic heterocycles. The van der Waals surface area contributed by atoms with E-state index in [1.807, 2.05) is 42.5 Å². The molecule has 36 heavy (non-hydrogen) atoms. The van der Waals surface area contributed by atoms with Crippen LogP contribution in [0.1, 0.15) is 50.4 Å². The molecular weight excluding hydrogens is 472 g/mol. The van der Waals surface area contributed by atoms with Gasteiger partial charge in [0.2, 0.25) is 0 Å². The van der Waals surface area contributed by atoms with Gasteiger partial charge in [0.1, 0.15) is 12.4 Å². The number of aromatic nitrogens is 1. The maximum atomic E-state index is 13.7. The van der Waals surface area contributed by atoms with Gasteiger partial charge in [0.05, 0.1) is 29.0 Å². The highest BCUT2D eigenvalue weighted by Gasteiger charge is 2.33. The molecule has 0 unspecified atom stereocenters. The normalized spacial score (nSPS) is 15.8. The van der Waals surface area contributed by atoms with Crippen LogP contribution in [-0.4, -0.2) is 24.3 Å². The van der Waals surface area contributed by atoms with E-state index in [0.717, 1.165) is 11.1 Å². The van der Waals surface area contributed by atoms with Crippen LogP contribution in [0.25, 0.3) is 6.08 Å². The molecule has 4 rings (SSSR count). The molecule has 0 aliphatic carbocycles. The maximum Gasteiger partial charge on any atom is 0.338 e. The van der Waals surface area contributed by atoms with Gasteiger partial charge >= 0.3 is 5.97 Å². The van der Waals surface area contributed by atoms with E-state index in [2.05, 4.69) is 44.5 Å². The standard InChI is InChI=1S/C29H30N2O4S/c1-7-16-35-27(33)24-18(2)30-28-31(25(24)20-10-14-22(34-6)15-11-20)26(32)23(36-28)17-19-8-12-21(13-9-19)29(3,4)5/h7-15,17,25H,1,16H2,2-6H3/b23-17+/t25-/m0/s1. The molecular formula is C29H30N2O4S. The zero-order valence-electron chi connectivity index (χ0n) is 21.2. The first-order valence-electron chi connectivity index (χ1n) is 11.7. The molecule has 0 spiro atoms. The first-order valence-corrected chi connectivity index (χ1v) is 12.5. The summed E-state index contributed by atoms with van der Waals surface area (Å²) in [5.41, 5.74) is 3.60. The van der Waals surface area contributed by atoms with Gasteiger partial charge in [0, 0.05) is 0 Å². The third-order valence-electron chi connectivity index (χ3n) is 6.08. The van der Waals surface area contributed by atoms with E-state index < -0.39 is 12.0 Å². The minimum atomic E-state index is -0.671. The van der Waals surface area contributed by atoms with Gasteiger partial charge in [0.25, 0.3) is 5.56 Å². The number of nitrogens with zero attached hydrogens (tertiary/aromatic N) is 2. The summed E-state index contributed by atoms with van der Waals surface area (Å²) in [6.07, 6.45) is 3.38. The number of fused-ring (bicyclic) bond motifs is 1. The van der Waals surface area contributed by atoms with Gasteiger partial charge in [-0.15, -0.1) is 0 Å². The van der Waals surface area contributed by atoms with Crippen molar-refractivity contribution in [1.82, 2.24) is 4.57 Å². The Morgan fingerprint density at radius 2 is 1.81 bits per heavy atom. The van der Waals surface area contributed by atoms with Crippen molar-refractivity contribution in [3.05, 3.63) is 109 Å². The highest BCUT2D eigenvalue weighted by molar-refractivity contribution is 7.07. The number of benzene rings is 2. The van der Waals surface area contributed by atoms with E-state index in [-0.39, 0.29) is 17.6 Å². The van der Waals surface area contributed by atoms with E-state index in [4.69, 9.17) is 9.47 Å². The lowest BCUT2D eigenvalue weighted by Crippen LogP contribution is -2.39. The number of thiazole rings is 1. The molecule has 1 aliphatic heterocycles. The number of ether oxygens (including phenoxy) is 2. The van der Waals surface area contributed by atoms with Crippen molar-refractivity contribution in [2.24, 2.45) is 4.99 Å². The monoisotopic (exact) mass is 502 g/mol. The van der Waals surface area contributed by atoms with Crippen LogP contribution in [0.15, 0.2) is 82.2 Å². The summed E-state index contributed by atoms with van der Waals surface area (Å²) >= 11 is 1.31. The van der Waals surface area contributed by atoms with E-state index in [0.29, 0.717) is 26.4 Å². The van der Waals surface area contributed by atoms with E-state index in [9.17, 15) is 9.59 Å². The number of carbonyl (C=O) groups excluding carboxylic acids is 1. The van der Waals surface area contributed by atoms with Crippen molar-refractivity contribution >= 4 is 23.4 Å². The zero-order valence-corrected chi connectivity index (χ0v) is 22.0. The second-order valence-electron chi connectivity index (χ2n) is 9.61. The minimum absolute atomic E-state index is 0.0460. The van der Waals surface area contributed by atoms with Gasteiger partial charge in [-0.05, 0) is 47.2 Å². The van der Waals surface area contributed by atoms with Crippen LogP contribution in [0, 0.1) is 0 Å². The van der Waals surface area contributed by atoms with E-state index >= 15 is 0 Å². The highest BCUT2D eigenvalue weighted by atomic mass is 32.1. The average Bonchev–Trinajstić information content (AvgIpc) is 3.15. The van der Waals surface area contributed by atoms with Crippen molar-refractivity contribution in [2.45, 2.75) is 39.2 Å². The van der Waals surface area contributed by atoms with Crippen LogP contribution in [-0.2, 0) is 14.9 Å². The van der Waals surface area contributed by atoms with E-state index in [1.54, 1.807) is 18.6 Å². The average molecular weight is 503 g/mol. The maximum absolute atomic E-state index is 13.7. The number of hydrogen-bond donors (Lipinski definition) is 0. The Kier molecular flexibility index (Phi) is 7.13. The predicted octanol–water partition coefficient (Wildman–Crippen LogP) is 4.27. The van der Waals surface area contributed by atoms with Crippen LogP contribution in [0.4, 0.5) is 0 Å². The summed E-state index contributed by atoms with van der Waals surface area (Å²) in [4.78, 5) is 31.9. The summed E-state index contributed by atoms with van der Waals surface area (Å²) in [5, 5.41) is 0. The van der Waals surface area contributed by atoms with Crippen molar-refractivity contribution < 1.29 is 14.3 Å². The first kappa shape index (κ1) is 25.4. The fourth-order valence-electron chi connectivity index (χ4n) is 4.13. The molecule has 1 aliphatic rings. The molecule has 6 nitrogen and oxygen atoms in total. The van der Waals surface area contributed by atoms with E-state index in [1.165, 1.54) is 23.0 Å². The molecule has 7 heteroatoms.